The molecule has 0 radical (unpaired) electrons. The first-order chi connectivity index (χ1) is 7.35. The summed E-state index contributed by atoms with van der Waals surface area (Å²) in [6.45, 7) is 6.36. The van der Waals surface area contributed by atoms with Gasteiger partial charge in [0.15, 0.2) is 0 Å². The van der Waals surface area contributed by atoms with E-state index in [2.05, 4.69) is 10.6 Å². The van der Waals surface area contributed by atoms with Crippen LogP contribution in [0.1, 0.15) is 20.8 Å². The largest absolute Gasteiger partial charge is 0.444 e. The minimum atomic E-state index is -0.484. The number of nitrogens with two attached hydrogens (primary N) is 1. The summed E-state index contributed by atoms with van der Waals surface area (Å²) >= 11 is 0. The molecule has 16 heavy (non-hydrogen) atoms. The SMILES string of the molecule is CC(C)(C)OC(=O)NCCN/C=C(/N)C=N. The van der Waals surface area contributed by atoms with E-state index in [-0.39, 0.29) is 0 Å². The third-order valence-electron chi connectivity index (χ3n) is 1.37. The van der Waals surface area contributed by atoms with E-state index in [4.69, 9.17) is 15.9 Å². The van der Waals surface area contributed by atoms with E-state index in [1.165, 1.54) is 6.20 Å². The second kappa shape index (κ2) is 6.71. The Kier molecular flexibility index (Phi) is 5.99. The average Bonchev–Trinajstić information content (AvgIpc) is 2.14. The zero-order valence-electron chi connectivity index (χ0n) is 9.96. The molecule has 0 unspecified atom stereocenters. The third-order valence-corrected chi connectivity index (χ3v) is 1.37. The third kappa shape index (κ3) is 8.86. The van der Waals surface area contributed by atoms with Crippen LogP contribution < -0.4 is 16.4 Å². The minimum absolute atomic E-state index is 0.331. The van der Waals surface area contributed by atoms with Gasteiger partial charge < -0.3 is 26.5 Å². The molecule has 0 bridgehead atoms. The number of rotatable bonds is 5. The van der Waals surface area contributed by atoms with Crippen LogP contribution in [-0.4, -0.2) is 31.0 Å². The lowest BCUT2D eigenvalue weighted by Crippen LogP contribution is -2.35. The molecule has 0 spiro atoms. The topological polar surface area (TPSA) is 100 Å². The minimum Gasteiger partial charge on any atom is -0.444 e. The maximum Gasteiger partial charge on any atom is 0.407 e. The van der Waals surface area contributed by atoms with E-state index < -0.39 is 11.7 Å². The van der Waals surface area contributed by atoms with E-state index in [1.54, 1.807) is 20.8 Å². The van der Waals surface area contributed by atoms with Crippen LogP contribution in [0.25, 0.3) is 0 Å². The van der Waals surface area contributed by atoms with Gasteiger partial charge in [0.1, 0.15) is 5.60 Å². The number of hydrogen-bond acceptors (Lipinski definition) is 5. The molecule has 0 rings (SSSR count). The Morgan fingerprint density at radius 1 is 1.44 bits per heavy atom. The second-order valence-corrected chi connectivity index (χ2v) is 4.17. The first-order valence-electron chi connectivity index (χ1n) is 5.01. The molecule has 0 heterocycles. The Labute approximate surface area is 95.7 Å². The Morgan fingerprint density at radius 3 is 2.56 bits per heavy atom. The molecule has 0 saturated carbocycles. The van der Waals surface area contributed by atoms with Crippen molar-refractivity contribution in [3.63, 3.8) is 0 Å². The van der Waals surface area contributed by atoms with Crippen LogP contribution in [0.15, 0.2) is 11.9 Å². The highest BCUT2D eigenvalue weighted by Gasteiger charge is 2.15. The number of amides is 1. The highest BCUT2D eigenvalue weighted by Crippen LogP contribution is 2.05. The standard InChI is InChI=1S/C10H20N4O2/c1-10(2,3)16-9(15)14-5-4-13-7-8(12)6-11/h6-7,11,13H,4-5,12H2,1-3H3,(H,14,15)/b8-7+,11-6?. The highest BCUT2D eigenvalue weighted by molar-refractivity contribution is 5.73. The number of allylic oxidation sites excluding steroid dienone is 1. The smallest absolute Gasteiger partial charge is 0.407 e. The zero-order valence-corrected chi connectivity index (χ0v) is 9.96. The average molecular weight is 228 g/mol. The van der Waals surface area contributed by atoms with Gasteiger partial charge in [-0.2, -0.15) is 0 Å². The van der Waals surface area contributed by atoms with Crippen LogP contribution in [-0.2, 0) is 4.74 Å². The van der Waals surface area contributed by atoms with Crippen molar-refractivity contribution in [3.8, 4) is 0 Å². The van der Waals surface area contributed by atoms with Crippen molar-refractivity contribution < 1.29 is 9.53 Å². The Balaban J connectivity index is 3.60. The molecule has 5 N–H and O–H groups in total. The normalized spacial score (nSPS) is 11.8. The van der Waals surface area contributed by atoms with Crippen molar-refractivity contribution >= 4 is 12.3 Å². The number of carbonyl (C=O) groups is 1. The molecule has 0 aromatic carbocycles. The first kappa shape index (κ1) is 14.3. The van der Waals surface area contributed by atoms with Gasteiger partial charge in [0.2, 0.25) is 0 Å². The van der Waals surface area contributed by atoms with Gasteiger partial charge in [0, 0.05) is 25.5 Å². The molecule has 0 aliphatic heterocycles. The fourth-order valence-electron chi connectivity index (χ4n) is 0.783. The molecule has 6 heteroatoms. The van der Waals surface area contributed by atoms with Gasteiger partial charge in [0.25, 0.3) is 0 Å². The van der Waals surface area contributed by atoms with Crippen molar-refractivity contribution in [2.75, 3.05) is 13.1 Å². The lowest BCUT2D eigenvalue weighted by Gasteiger charge is -2.19. The lowest BCUT2D eigenvalue weighted by atomic mass is 10.2. The van der Waals surface area contributed by atoms with Crippen LogP contribution in [0.2, 0.25) is 0 Å². The summed E-state index contributed by atoms with van der Waals surface area (Å²) in [5.41, 5.74) is 5.19. The molecule has 0 saturated heterocycles. The second-order valence-electron chi connectivity index (χ2n) is 4.17. The summed E-state index contributed by atoms with van der Waals surface area (Å²) < 4.78 is 5.03. The molecule has 0 atom stereocenters. The summed E-state index contributed by atoms with van der Waals surface area (Å²) in [6, 6.07) is 0. The maximum atomic E-state index is 11.2. The lowest BCUT2D eigenvalue weighted by molar-refractivity contribution is 0.0529. The maximum absolute atomic E-state index is 11.2. The molecular formula is C10H20N4O2. The molecule has 0 aromatic rings. The van der Waals surface area contributed by atoms with Gasteiger partial charge in [-0.3, -0.25) is 0 Å². The van der Waals surface area contributed by atoms with Crippen molar-refractivity contribution in [3.05, 3.63) is 11.9 Å². The van der Waals surface area contributed by atoms with Gasteiger partial charge in [-0.15, -0.1) is 0 Å². The van der Waals surface area contributed by atoms with Gasteiger partial charge in [0.05, 0.1) is 5.70 Å². The van der Waals surface area contributed by atoms with Gasteiger partial charge in [-0.1, -0.05) is 0 Å². The number of hydrogen-bond donors (Lipinski definition) is 4. The number of alkyl carbamates (subject to hydrolysis) is 1. The fraction of sp³-hybridized carbons (Fsp3) is 0.600. The molecule has 1 amide bonds. The van der Waals surface area contributed by atoms with Crippen molar-refractivity contribution in [1.29, 1.82) is 5.41 Å². The van der Waals surface area contributed by atoms with E-state index in [0.717, 1.165) is 6.21 Å². The summed E-state index contributed by atoms with van der Waals surface area (Å²) in [6.07, 6.45) is 2.09. The molecule has 92 valence electrons. The monoisotopic (exact) mass is 228 g/mol. The van der Waals surface area contributed by atoms with E-state index in [1.807, 2.05) is 0 Å². The van der Waals surface area contributed by atoms with Crippen LogP contribution in [0.4, 0.5) is 4.79 Å². The summed E-state index contributed by atoms with van der Waals surface area (Å²) in [5.74, 6) is 0. The van der Waals surface area contributed by atoms with Gasteiger partial charge in [-0.05, 0) is 20.8 Å². The predicted octanol–water partition coefficient (Wildman–Crippen LogP) is 0.550. The van der Waals surface area contributed by atoms with Gasteiger partial charge in [-0.25, -0.2) is 4.79 Å². The number of ether oxygens (including phenoxy) is 1. The molecular weight excluding hydrogens is 208 g/mol. The summed E-state index contributed by atoms with van der Waals surface area (Å²) in [5, 5.41) is 12.2. The zero-order chi connectivity index (χ0) is 12.6. The molecule has 0 aliphatic carbocycles. The summed E-state index contributed by atoms with van der Waals surface area (Å²) in [4.78, 5) is 11.2. The Bertz CT molecular complexity index is 268. The van der Waals surface area contributed by atoms with E-state index >= 15 is 0 Å². The highest BCUT2D eigenvalue weighted by atomic mass is 16.6. The van der Waals surface area contributed by atoms with Crippen molar-refractivity contribution in [1.82, 2.24) is 10.6 Å². The van der Waals surface area contributed by atoms with Gasteiger partial charge >= 0.3 is 6.09 Å². The van der Waals surface area contributed by atoms with Crippen molar-refractivity contribution in [2.24, 2.45) is 5.73 Å². The molecule has 6 nitrogen and oxygen atoms in total. The molecule has 0 fully saturated rings. The molecule has 0 aliphatic rings. The Morgan fingerprint density at radius 2 is 2.06 bits per heavy atom. The summed E-state index contributed by atoms with van der Waals surface area (Å²) in [7, 11) is 0. The van der Waals surface area contributed by atoms with Crippen molar-refractivity contribution in [2.45, 2.75) is 26.4 Å². The number of carbonyl (C=O) groups excluding carboxylic acids is 1. The van der Waals surface area contributed by atoms with Crippen LogP contribution in [0.5, 0.6) is 0 Å². The van der Waals surface area contributed by atoms with E-state index in [0.29, 0.717) is 18.8 Å². The predicted molar refractivity (Wildman–Crippen MR) is 63.3 cm³/mol. The fourth-order valence-corrected chi connectivity index (χ4v) is 0.783. The van der Waals surface area contributed by atoms with Crippen LogP contribution in [0, 0.1) is 5.41 Å². The molecule has 0 aromatic heterocycles. The first-order valence-corrected chi connectivity index (χ1v) is 5.01. The van der Waals surface area contributed by atoms with Crippen LogP contribution in [0.3, 0.4) is 0 Å². The Hall–Kier alpha value is -1.72. The number of nitrogens with one attached hydrogen (secondary N) is 3. The van der Waals surface area contributed by atoms with Crippen LogP contribution >= 0.6 is 0 Å². The quantitative estimate of drug-likeness (QED) is 0.408. The van der Waals surface area contributed by atoms with E-state index in [9.17, 15) is 4.79 Å².